The molecule has 0 aliphatic carbocycles. The van der Waals surface area contributed by atoms with Crippen molar-refractivity contribution in [3.05, 3.63) is 75.9 Å². The molecule has 0 aliphatic rings. The summed E-state index contributed by atoms with van der Waals surface area (Å²) in [5.74, 6) is -0.643. The van der Waals surface area contributed by atoms with E-state index in [4.69, 9.17) is 0 Å². The molecule has 0 saturated heterocycles. The van der Waals surface area contributed by atoms with Crippen molar-refractivity contribution in [2.45, 2.75) is 19.9 Å². The molecule has 0 spiro atoms. The first-order valence-electron chi connectivity index (χ1n) is 7.60. The average Bonchev–Trinajstić information content (AvgIpc) is 2.56. The first-order chi connectivity index (χ1) is 11.5. The van der Waals surface area contributed by atoms with Crippen molar-refractivity contribution in [3.8, 4) is 0 Å². The summed E-state index contributed by atoms with van der Waals surface area (Å²) < 4.78 is 0.946. The van der Waals surface area contributed by atoms with Crippen molar-refractivity contribution in [1.82, 2.24) is 10.6 Å². The Bertz CT molecular complexity index is 738. The van der Waals surface area contributed by atoms with Gasteiger partial charge >= 0.3 is 0 Å². The molecule has 0 saturated carbocycles. The van der Waals surface area contributed by atoms with Gasteiger partial charge in [-0.05, 0) is 49.8 Å². The van der Waals surface area contributed by atoms with E-state index in [-0.39, 0.29) is 23.6 Å². The van der Waals surface area contributed by atoms with Crippen LogP contribution in [0.1, 0.15) is 29.8 Å². The fourth-order valence-corrected chi connectivity index (χ4v) is 2.27. The minimum atomic E-state index is -0.322. The molecule has 2 aromatic carbocycles. The minimum Gasteiger partial charge on any atom is -0.349 e. The molecule has 5 heteroatoms. The Balaban J connectivity index is 2.27. The Labute approximate surface area is 150 Å². The molecular formula is C19H19BrN2O2. The van der Waals surface area contributed by atoms with Gasteiger partial charge in [0.15, 0.2) is 0 Å². The Hall–Kier alpha value is -2.40. The molecule has 0 heterocycles. The van der Waals surface area contributed by atoms with Gasteiger partial charge < -0.3 is 10.6 Å². The normalized spacial score (nSPS) is 11.2. The molecule has 0 bridgehead atoms. The molecule has 2 rings (SSSR count). The number of halogens is 1. The predicted molar refractivity (Wildman–Crippen MR) is 99.3 cm³/mol. The smallest absolute Gasteiger partial charge is 0.268 e. The number of nitrogens with one attached hydrogen (secondary N) is 2. The molecule has 0 fully saturated rings. The third kappa shape index (κ3) is 5.35. The second kappa shape index (κ2) is 8.45. The summed E-state index contributed by atoms with van der Waals surface area (Å²) in [4.78, 5) is 24.7. The second-order valence-electron chi connectivity index (χ2n) is 5.56. The minimum absolute atomic E-state index is 0.0283. The van der Waals surface area contributed by atoms with Gasteiger partial charge in [0.2, 0.25) is 0 Å². The Morgan fingerprint density at radius 2 is 1.62 bits per heavy atom. The highest BCUT2D eigenvalue weighted by Gasteiger charge is 2.15. The van der Waals surface area contributed by atoms with E-state index in [0.717, 1.165) is 10.0 Å². The van der Waals surface area contributed by atoms with Crippen molar-refractivity contribution < 1.29 is 9.59 Å². The third-order valence-corrected chi connectivity index (χ3v) is 3.66. The largest absolute Gasteiger partial charge is 0.349 e. The first-order valence-corrected chi connectivity index (χ1v) is 8.39. The molecule has 2 amide bonds. The fourth-order valence-electron chi connectivity index (χ4n) is 2.01. The highest BCUT2D eigenvalue weighted by molar-refractivity contribution is 9.10. The zero-order valence-electron chi connectivity index (χ0n) is 13.5. The van der Waals surface area contributed by atoms with Crippen LogP contribution in [-0.2, 0) is 4.79 Å². The summed E-state index contributed by atoms with van der Waals surface area (Å²) >= 11 is 3.37. The molecule has 2 aromatic rings. The SMILES string of the molecule is CC(C)NC(=O)/C(=C\c1ccc(Br)cc1)NC(=O)c1ccccc1. The lowest BCUT2D eigenvalue weighted by molar-refractivity contribution is -0.118. The predicted octanol–water partition coefficient (Wildman–Crippen LogP) is 3.74. The van der Waals surface area contributed by atoms with Crippen LogP contribution in [0.15, 0.2) is 64.8 Å². The maximum atomic E-state index is 12.4. The molecule has 4 nitrogen and oxygen atoms in total. The number of amides is 2. The topological polar surface area (TPSA) is 58.2 Å². The fraction of sp³-hybridized carbons (Fsp3) is 0.158. The number of hydrogen-bond donors (Lipinski definition) is 2. The number of carbonyl (C=O) groups excluding carboxylic acids is 2. The lowest BCUT2D eigenvalue weighted by atomic mass is 10.1. The Morgan fingerprint density at radius 3 is 2.21 bits per heavy atom. The Kier molecular flexibility index (Phi) is 6.32. The average molecular weight is 387 g/mol. The number of hydrogen-bond acceptors (Lipinski definition) is 2. The second-order valence-corrected chi connectivity index (χ2v) is 6.47. The van der Waals surface area contributed by atoms with Crippen LogP contribution in [-0.4, -0.2) is 17.9 Å². The Morgan fingerprint density at radius 1 is 1.00 bits per heavy atom. The zero-order chi connectivity index (χ0) is 17.5. The van der Waals surface area contributed by atoms with Gasteiger partial charge in [-0.3, -0.25) is 9.59 Å². The monoisotopic (exact) mass is 386 g/mol. The zero-order valence-corrected chi connectivity index (χ0v) is 15.1. The van der Waals surface area contributed by atoms with E-state index < -0.39 is 0 Å². The van der Waals surface area contributed by atoms with Gasteiger partial charge in [0.25, 0.3) is 11.8 Å². The van der Waals surface area contributed by atoms with E-state index >= 15 is 0 Å². The van der Waals surface area contributed by atoms with Crippen LogP contribution in [0.25, 0.3) is 6.08 Å². The van der Waals surface area contributed by atoms with Crippen molar-refractivity contribution in [2.24, 2.45) is 0 Å². The van der Waals surface area contributed by atoms with Crippen molar-refractivity contribution in [2.75, 3.05) is 0 Å². The van der Waals surface area contributed by atoms with Crippen molar-refractivity contribution >= 4 is 33.8 Å². The summed E-state index contributed by atoms with van der Waals surface area (Å²) in [6.45, 7) is 3.74. The summed E-state index contributed by atoms with van der Waals surface area (Å²) in [5.41, 5.74) is 1.52. The van der Waals surface area contributed by atoms with Crippen molar-refractivity contribution in [1.29, 1.82) is 0 Å². The van der Waals surface area contributed by atoms with Gasteiger partial charge in [0, 0.05) is 16.1 Å². The number of rotatable bonds is 5. The van der Waals surface area contributed by atoms with Crippen LogP contribution in [0.3, 0.4) is 0 Å². The van der Waals surface area contributed by atoms with Crippen LogP contribution < -0.4 is 10.6 Å². The molecule has 124 valence electrons. The quantitative estimate of drug-likeness (QED) is 0.768. The van der Waals surface area contributed by atoms with Crippen LogP contribution >= 0.6 is 15.9 Å². The van der Waals surface area contributed by atoms with Crippen molar-refractivity contribution in [3.63, 3.8) is 0 Å². The van der Waals surface area contributed by atoms with Gasteiger partial charge in [-0.1, -0.05) is 46.3 Å². The lowest BCUT2D eigenvalue weighted by Gasteiger charge is -2.13. The van der Waals surface area contributed by atoms with E-state index in [9.17, 15) is 9.59 Å². The summed E-state index contributed by atoms with van der Waals surface area (Å²) in [5, 5.41) is 5.50. The van der Waals surface area contributed by atoms with E-state index in [2.05, 4.69) is 26.6 Å². The van der Waals surface area contributed by atoms with Crippen LogP contribution in [0.2, 0.25) is 0 Å². The summed E-state index contributed by atoms with van der Waals surface area (Å²) in [6, 6.07) is 16.2. The molecule has 0 aliphatic heterocycles. The third-order valence-electron chi connectivity index (χ3n) is 3.13. The van der Waals surface area contributed by atoms with Gasteiger partial charge in [-0.25, -0.2) is 0 Å². The van der Waals surface area contributed by atoms with Crippen LogP contribution in [0, 0.1) is 0 Å². The highest BCUT2D eigenvalue weighted by atomic mass is 79.9. The van der Waals surface area contributed by atoms with E-state index in [1.54, 1.807) is 30.3 Å². The summed E-state index contributed by atoms with van der Waals surface area (Å²) in [7, 11) is 0. The molecule has 0 unspecified atom stereocenters. The van der Waals surface area contributed by atoms with E-state index in [1.807, 2.05) is 44.2 Å². The van der Waals surface area contributed by atoms with Gasteiger partial charge in [0.05, 0.1) is 0 Å². The van der Waals surface area contributed by atoms with E-state index in [0.29, 0.717) is 5.56 Å². The van der Waals surface area contributed by atoms with E-state index in [1.165, 1.54) is 0 Å². The van der Waals surface area contributed by atoms with Crippen LogP contribution in [0.5, 0.6) is 0 Å². The maximum Gasteiger partial charge on any atom is 0.268 e. The maximum absolute atomic E-state index is 12.4. The number of carbonyl (C=O) groups is 2. The van der Waals surface area contributed by atoms with Gasteiger partial charge in [-0.15, -0.1) is 0 Å². The molecule has 24 heavy (non-hydrogen) atoms. The summed E-state index contributed by atoms with van der Waals surface area (Å²) in [6.07, 6.45) is 1.66. The molecular weight excluding hydrogens is 368 g/mol. The molecule has 0 atom stereocenters. The highest BCUT2D eigenvalue weighted by Crippen LogP contribution is 2.13. The molecule has 0 aromatic heterocycles. The van der Waals surface area contributed by atoms with Crippen LogP contribution in [0.4, 0.5) is 0 Å². The first kappa shape index (κ1) is 17.9. The molecule has 0 radical (unpaired) electrons. The lowest BCUT2D eigenvalue weighted by Crippen LogP contribution is -2.38. The molecule has 2 N–H and O–H groups in total. The standard InChI is InChI=1S/C19H19BrN2O2/c1-13(2)21-19(24)17(12-14-8-10-16(20)11-9-14)22-18(23)15-6-4-3-5-7-15/h3-13H,1-2H3,(H,21,24)(H,22,23)/b17-12+. The van der Waals surface area contributed by atoms with Gasteiger partial charge in [0.1, 0.15) is 5.70 Å². The number of benzene rings is 2. The van der Waals surface area contributed by atoms with Gasteiger partial charge in [-0.2, -0.15) is 0 Å².